The van der Waals surface area contributed by atoms with E-state index in [4.69, 9.17) is 0 Å². The molecule has 1 heterocycles. The van der Waals surface area contributed by atoms with Gasteiger partial charge in [0.05, 0.1) is 0 Å². The average Bonchev–Trinajstić information content (AvgIpc) is 2.04. The summed E-state index contributed by atoms with van der Waals surface area (Å²) in [6.07, 6.45) is 0. The molecule has 1 aliphatic heterocycles. The molecule has 1 aliphatic rings. The van der Waals surface area contributed by atoms with Gasteiger partial charge in [0, 0.05) is 26.2 Å². The second kappa shape index (κ2) is 4.48. The number of piperazine rings is 1. The Labute approximate surface area is 78.3 Å². The zero-order chi connectivity index (χ0) is 9.84. The van der Waals surface area contributed by atoms with E-state index in [2.05, 4.69) is 5.32 Å². The van der Waals surface area contributed by atoms with E-state index >= 15 is 0 Å². The topological polar surface area (TPSA) is 49.4 Å². The second-order valence-corrected chi connectivity index (χ2v) is 3.41. The van der Waals surface area contributed by atoms with Gasteiger partial charge in [-0.1, -0.05) is 0 Å². The van der Waals surface area contributed by atoms with Gasteiger partial charge in [0.15, 0.2) is 11.6 Å². The Hall–Kier alpha value is -0.740. The molecule has 1 N–H and O–H groups in total. The summed E-state index contributed by atoms with van der Waals surface area (Å²) in [5.74, 6) is -0.0937. The largest absolute Gasteiger partial charge is 0.314 e. The van der Waals surface area contributed by atoms with Crippen molar-refractivity contribution in [2.75, 3.05) is 26.2 Å². The van der Waals surface area contributed by atoms with Crippen molar-refractivity contribution < 1.29 is 9.59 Å². The molecule has 13 heavy (non-hydrogen) atoms. The molecule has 0 aromatic carbocycles. The summed E-state index contributed by atoms with van der Waals surface area (Å²) >= 11 is 0. The van der Waals surface area contributed by atoms with Crippen molar-refractivity contribution in [1.29, 1.82) is 0 Å². The first-order valence-corrected chi connectivity index (χ1v) is 4.58. The second-order valence-electron chi connectivity index (χ2n) is 3.41. The highest BCUT2D eigenvalue weighted by atomic mass is 16.2. The Kier molecular flexibility index (Phi) is 3.57. The fourth-order valence-corrected chi connectivity index (χ4v) is 1.74. The fourth-order valence-electron chi connectivity index (χ4n) is 1.74. The van der Waals surface area contributed by atoms with Crippen molar-refractivity contribution >= 4 is 11.6 Å². The standard InChI is InChI=1S/C9H16N2O2/c1-7(12)9(8(2)13)11-5-3-10-4-6-11/h9-10H,3-6H2,1-2H3. The van der Waals surface area contributed by atoms with Gasteiger partial charge in [0.25, 0.3) is 0 Å². The van der Waals surface area contributed by atoms with Crippen LogP contribution in [0.15, 0.2) is 0 Å². The zero-order valence-electron chi connectivity index (χ0n) is 8.17. The van der Waals surface area contributed by atoms with Crippen molar-refractivity contribution in [3.8, 4) is 0 Å². The van der Waals surface area contributed by atoms with Gasteiger partial charge < -0.3 is 5.32 Å². The predicted octanol–water partition coefficient (Wildman–Crippen LogP) is -0.562. The number of nitrogens with zero attached hydrogens (tertiary/aromatic N) is 1. The Morgan fingerprint density at radius 2 is 1.62 bits per heavy atom. The summed E-state index contributed by atoms with van der Waals surface area (Å²) in [4.78, 5) is 24.3. The molecular weight excluding hydrogens is 168 g/mol. The van der Waals surface area contributed by atoms with Crippen molar-refractivity contribution in [2.24, 2.45) is 0 Å². The Morgan fingerprint density at radius 3 is 2.00 bits per heavy atom. The Balaban J connectivity index is 2.62. The van der Waals surface area contributed by atoms with Gasteiger partial charge in [0.2, 0.25) is 0 Å². The normalized spacial score (nSPS) is 19.0. The van der Waals surface area contributed by atoms with Crippen LogP contribution in [0, 0.1) is 0 Å². The number of carbonyl (C=O) groups excluding carboxylic acids is 2. The number of Topliss-reactive ketones (excluding diaryl/α,β-unsaturated/α-hetero) is 2. The summed E-state index contributed by atoms with van der Waals surface area (Å²) in [6, 6.07) is -0.512. The monoisotopic (exact) mass is 184 g/mol. The lowest BCUT2D eigenvalue weighted by Gasteiger charge is -2.31. The van der Waals surface area contributed by atoms with Crippen LogP contribution < -0.4 is 5.32 Å². The first kappa shape index (κ1) is 10.3. The van der Waals surface area contributed by atoms with Gasteiger partial charge in [-0.2, -0.15) is 0 Å². The molecule has 1 fully saturated rings. The van der Waals surface area contributed by atoms with Gasteiger partial charge >= 0.3 is 0 Å². The van der Waals surface area contributed by atoms with Gasteiger partial charge in [-0.3, -0.25) is 14.5 Å². The minimum Gasteiger partial charge on any atom is -0.314 e. The van der Waals surface area contributed by atoms with E-state index in [9.17, 15) is 9.59 Å². The molecule has 1 rings (SSSR count). The molecule has 0 saturated carbocycles. The van der Waals surface area contributed by atoms with E-state index < -0.39 is 6.04 Å². The van der Waals surface area contributed by atoms with Crippen LogP contribution in [0.25, 0.3) is 0 Å². The van der Waals surface area contributed by atoms with E-state index in [-0.39, 0.29) is 11.6 Å². The zero-order valence-corrected chi connectivity index (χ0v) is 8.17. The predicted molar refractivity (Wildman–Crippen MR) is 49.6 cm³/mol. The highest BCUT2D eigenvalue weighted by molar-refractivity contribution is 6.04. The van der Waals surface area contributed by atoms with E-state index in [1.807, 2.05) is 4.90 Å². The van der Waals surface area contributed by atoms with Crippen LogP contribution in [0.5, 0.6) is 0 Å². The summed E-state index contributed by atoms with van der Waals surface area (Å²) in [5.41, 5.74) is 0. The van der Waals surface area contributed by atoms with E-state index in [1.54, 1.807) is 0 Å². The molecule has 4 heteroatoms. The third-order valence-electron chi connectivity index (χ3n) is 2.29. The SMILES string of the molecule is CC(=O)C(C(C)=O)N1CCNCC1. The summed E-state index contributed by atoms with van der Waals surface area (Å²) in [7, 11) is 0. The van der Waals surface area contributed by atoms with E-state index in [0.29, 0.717) is 0 Å². The minimum absolute atomic E-state index is 0.0469. The number of hydrogen-bond donors (Lipinski definition) is 1. The molecule has 4 nitrogen and oxygen atoms in total. The number of nitrogens with one attached hydrogen (secondary N) is 1. The molecule has 0 spiro atoms. The van der Waals surface area contributed by atoms with Crippen molar-refractivity contribution in [3.05, 3.63) is 0 Å². The van der Waals surface area contributed by atoms with Crippen LogP contribution >= 0.6 is 0 Å². The quantitative estimate of drug-likeness (QED) is 0.597. The molecular formula is C9H16N2O2. The third-order valence-corrected chi connectivity index (χ3v) is 2.29. The molecule has 0 aliphatic carbocycles. The smallest absolute Gasteiger partial charge is 0.154 e. The molecule has 0 atom stereocenters. The highest BCUT2D eigenvalue weighted by Crippen LogP contribution is 2.03. The van der Waals surface area contributed by atoms with Crippen LogP contribution in [0.2, 0.25) is 0 Å². The number of ketones is 2. The molecule has 1 saturated heterocycles. The van der Waals surface area contributed by atoms with Gasteiger partial charge in [-0.25, -0.2) is 0 Å². The maximum absolute atomic E-state index is 11.2. The van der Waals surface area contributed by atoms with Gasteiger partial charge in [-0.15, -0.1) is 0 Å². The molecule has 0 unspecified atom stereocenters. The third kappa shape index (κ3) is 2.60. The lowest BCUT2D eigenvalue weighted by Crippen LogP contribution is -2.53. The molecule has 74 valence electrons. The minimum atomic E-state index is -0.512. The summed E-state index contributed by atoms with van der Waals surface area (Å²) < 4.78 is 0. The van der Waals surface area contributed by atoms with Crippen LogP contribution in [0.4, 0.5) is 0 Å². The molecule has 0 radical (unpaired) electrons. The summed E-state index contributed by atoms with van der Waals surface area (Å²) in [5, 5.41) is 3.18. The average molecular weight is 184 g/mol. The van der Waals surface area contributed by atoms with Crippen molar-refractivity contribution in [1.82, 2.24) is 10.2 Å². The molecule has 0 aromatic heterocycles. The van der Waals surface area contributed by atoms with Crippen LogP contribution in [0.3, 0.4) is 0 Å². The lowest BCUT2D eigenvalue weighted by atomic mass is 10.1. The van der Waals surface area contributed by atoms with Gasteiger partial charge in [-0.05, 0) is 13.8 Å². The van der Waals surface area contributed by atoms with E-state index in [1.165, 1.54) is 13.8 Å². The molecule has 0 amide bonds. The first-order valence-electron chi connectivity index (χ1n) is 4.58. The maximum Gasteiger partial charge on any atom is 0.154 e. The summed E-state index contributed by atoms with van der Waals surface area (Å²) in [6.45, 7) is 6.24. The highest BCUT2D eigenvalue weighted by Gasteiger charge is 2.27. The number of rotatable bonds is 3. The molecule has 0 bridgehead atoms. The molecule has 0 aromatic rings. The van der Waals surface area contributed by atoms with Crippen LogP contribution in [-0.4, -0.2) is 48.7 Å². The lowest BCUT2D eigenvalue weighted by molar-refractivity contribution is -0.132. The number of carbonyl (C=O) groups is 2. The number of hydrogen-bond acceptors (Lipinski definition) is 4. The van der Waals surface area contributed by atoms with E-state index in [0.717, 1.165) is 26.2 Å². The Morgan fingerprint density at radius 1 is 1.15 bits per heavy atom. The first-order chi connectivity index (χ1) is 6.13. The van der Waals surface area contributed by atoms with Crippen molar-refractivity contribution in [2.45, 2.75) is 19.9 Å². The van der Waals surface area contributed by atoms with Gasteiger partial charge in [0.1, 0.15) is 6.04 Å². The Bertz CT molecular complexity index is 196. The van der Waals surface area contributed by atoms with Crippen LogP contribution in [0.1, 0.15) is 13.8 Å². The maximum atomic E-state index is 11.2. The van der Waals surface area contributed by atoms with Crippen molar-refractivity contribution in [3.63, 3.8) is 0 Å². The fraction of sp³-hybridized carbons (Fsp3) is 0.778. The van der Waals surface area contributed by atoms with Crippen LogP contribution in [-0.2, 0) is 9.59 Å².